The first kappa shape index (κ1) is 42.0. The summed E-state index contributed by atoms with van der Waals surface area (Å²) in [5.74, 6) is -2.37. The van der Waals surface area contributed by atoms with Gasteiger partial charge in [0, 0.05) is 44.3 Å². The van der Waals surface area contributed by atoms with Crippen LogP contribution in [0, 0.1) is 0 Å². The van der Waals surface area contributed by atoms with Gasteiger partial charge < -0.3 is 35.8 Å². The van der Waals surface area contributed by atoms with E-state index >= 15 is 0 Å². The van der Waals surface area contributed by atoms with Gasteiger partial charge in [0.1, 0.15) is 5.75 Å². The molecule has 7 N–H and O–H groups in total. The molecule has 7 aromatic rings. The largest absolute Gasteiger partial charge is 0.494 e. The second-order valence-electron chi connectivity index (χ2n) is 15.7. The van der Waals surface area contributed by atoms with Crippen LogP contribution in [0.25, 0.3) is 90.9 Å². The number of carbonyl (C=O) groups is 3. The number of nitrogens with two attached hydrogens (primary N) is 1. The number of ether oxygens (including phenoxy) is 1. The van der Waals surface area contributed by atoms with Crippen molar-refractivity contribution in [1.29, 1.82) is 0 Å². The van der Waals surface area contributed by atoms with Crippen LogP contribution in [0.5, 0.6) is 5.75 Å². The molecule has 9 rings (SSSR count). The molecule has 8 bridgehead atoms. The van der Waals surface area contributed by atoms with Gasteiger partial charge in [-0.15, -0.1) is 0 Å². The minimum Gasteiger partial charge on any atom is -0.494 e. The molecule has 5 heterocycles. The lowest BCUT2D eigenvalue weighted by Crippen LogP contribution is -2.00. The van der Waals surface area contributed by atoms with Crippen LogP contribution >= 0.6 is 0 Å². The number of hydrogen-bond donors (Lipinski definition) is 6. The first-order valence-corrected chi connectivity index (χ1v) is 21.3. The van der Waals surface area contributed by atoms with E-state index in [9.17, 15) is 29.7 Å². The third kappa shape index (κ3) is 8.70. The van der Waals surface area contributed by atoms with Crippen molar-refractivity contribution in [2.24, 2.45) is 5.73 Å². The second kappa shape index (κ2) is 18.2. The van der Waals surface area contributed by atoms with Crippen molar-refractivity contribution >= 4 is 64.3 Å². The van der Waals surface area contributed by atoms with Crippen molar-refractivity contribution in [3.63, 3.8) is 0 Å². The van der Waals surface area contributed by atoms with Gasteiger partial charge in [0.05, 0.1) is 46.1 Å². The Labute approximate surface area is 373 Å². The number of rotatable bonds is 14. The molecule has 12 heteroatoms. The van der Waals surface area contributed by atoms with Crippen LogP contribution in [0.2, 0.25) is 0 Å². The van der Waals surface area contributed by atoms with Gasteiger partial charge in [-0.05, 0) is 139 Å². The number of nitrogens with one attached hydrogen (secondary N) is 2. The number of aromatic nitrogens is 4. The molecule has 0 fully saturated rings. The Balaban J connectivity index is 1.33. The van der Waals surface area contributed by atoms with Crippen LogP contribution in [-0.2, 0) is 0 Å². The van der Waals surface area contributed by atoms with Crippen LogP contribution in [-0.4, -0.2) is 66.3 Å². The highest BCUT2D eigenvalue weighted by atomic mass is 16.5. The molecule has 0 amide bonds. The standard InChI is InChI=1S/C53H43N5O7/c54-29-3-1-2-4-30-65-38-19-17-34(18-20-38)50-45-27-25-43(57-45)48(32-7-13-36(14-8-32)52(61)62)41-23-21-39(55-41)47(31-5-11-35(12-6-31)51(59)60)40-22-24-42(56-40)49(44-26-28-46(50)58-44)33-9-15-37(16-10-33)53(63)64/h5-28,55,58H,1-4,29-30,54H2,(H,59,60)(H,61,62)(H,63,64). The Bertz CT molecular complexity index is 3140. The molecule has 2 aliphatic heterocycles. The van der Waals surface area contributed by atoms with Crippen molar-refractivity contribution < 1.29 is 34.4 Å². The van der Waals surface area contributed by atoms with Gasteiger partial charge in [-0.3, -0.25) is 0 Å². The molecule has 0 aliphatic carbocycles. The maximum atomic E-state index is 11.9. The van der Waals surface area contributed by atoms with Gasteiger partial charge in [0.15, 0.2) is 0 Å². The average molecular weight is 862 g/mol. The average Bonchev–Trinajstić information content (AvgIpc) is 4.17. The van der Waals surface area contributed by atoms with Crippen molar-refractivity contribution in [3.05, 3.63) is 161 Å². The Kier molecular flexibility index (Phi) is 11.7. The number of carboxylic acid groups (broad SMARTS) is 3. The lowest BCUT2D eigenvalue weighted by molar-refractivity contribution is 0.0686. The van der Waals surface area contributed by atoms with E-state index in [1.54, 1.807) is 72.8 Å². The molecule has 0 atom stereocenters. The summed E-state index contributed by atoms with van der Waals surface area (Å²) >= 11 is 0. The van der Waals surface area contributed by atoms with E-state index < -0.39 is 17.9 Å². The zero-order valence-electron chi connectivity index (χ0n) is 35.0. The number of fused-ring (bicyclic) bond motifs is 8. The topological polar surface area (TPSA) is 205 Å². The quantitative estimate of drug-likeness (QED) is 0.0571. The third-order valence-electron chi connectivity index (χ3n) is 11.5. The highest BCUT2D eigenvalue weighted by Crippen LogP contribution is 2.39. The van der Waals surface area contributed by atoms with Crippen molar-refractivity contribution in [2.75, 3.05) is 13.2 Å². The van der Waals surface area contributed by atoms with Crippen molar-refractivity contribution in [3.8, 4) is 50.3 Å². The van der Waals surface area contributed by atoms with E-state index in [2.05, 4.69) is 9.97 Å². The van der Waals surface area contributed by atoms with Crippen LogP contribution in [0.15, 0.2) is 121 Å². The molecule has 0 spiro atoms. The Morgan fingerprint density at radius 1 is 0.431 bits per heavy atom. The molecule has 322 valence electrons. The minimum atomic E-state index is -1.05. The number of hydrogen-bond acceptors (Lipinski definition) is 7. The Hall–Kier alpha value is -8.35. The summed E-state index contributed by atoms with van der Waals surface area (Å²) in [5, 5.41) is 29.2. The SMILES string of the molecule is NCCCCCCOc1ccc(-c2c3nc(c(-c4ccc(C(=O)O)cc4)c4ccc([nH]4)c(-c4ccc(C(=O)O)cc4)c4nc(c(-c5ccc(C(=O)O)cc5)c5ccc2[nH]5)C=C4)C=C3)cc1. The monoisotopic (exact) mass is 861 g/mol. The highest BCUT2D eigenvalue weighted by Gasteiger charge is 2.20. The van der Waals surface area contributed by atoms with E-state index in [1.165, 1.54) is 0 Å². The first-order chi connectivity index (χ1) is 31.6. The molecule has 0 saturated carbocycles. The van der Waals surface area contributed by atoms with E-state index in [1.807, 2.05) is 72.8 Å². The van der Waals surface area contributed by atoms with Gasteiger partial charge in [-0.25, -0.2) is 24.4 Å². The Morgan fingerprint density at radius 2 is 0.738 bits per heavy atom. The summed E-state index contributed by atoms with van der Waals surface area (Å²) < 4.78 is 6.12. The third-order valence-corrected chi connectivity index (χ3v) is 11.5. The predicted molar refractivity (Wildman–Crippen MR) is 254 cm³/mol. The Morgan fingerprint density at radius 3 is 1.05 bits per heavy atom. The van der Waals surface area contributed by atoms with E-state index in [0.29, 0.717) is 58.1 Å². The summed E-state index contributed by atoms with van der Waals surface area (Å²) in [6.07, 6.45) is 11.8. The van der Waals surface area contributed by atoms with Gasteiger partial charge >= 0.3 is 17.9 Å². The maximum Gasteiger partial charge on any atom is 0.335 e. The fraction of sp³-hybridized carbons (Fsp3) is 0.113. The highest BCUT2D eigenvalue weighted by molar-refractivity contribution is 6.01. The molecule has 12 nitrogen and oxygen atoms in total. The maximum absolute atomic E-state index is 11.9. The number of aromatic carboxylic acids is 3. The van der Waals surface area contributed by atoms with Crippen LogP contribution in [0.3, 0.4) is 0 Å². The van der Waals surface area contributed by atoms with E-state index in [-0.39, 0.29) is 16.7 Å². The molecular weight excluding hydrogens is 819 g/mol. The van der Waals surface area contributed by atoms with E-state index in [4.69, 9.17) is 20.4 Å². The fourth-order valence-corrected chi connectivity index (χ4v) is 8.27. The van der Waals surface area contributed by atoms with E-state index in [0.717, 1.165) is 75.8 Å². The molecule has 0 radical (unpaired) electrons. The zero-order valence-corrected chi connectivity index (χ0v) is 35.0. The summed E-state index contributed by atoms with van der Waals surface area (Å²) in [6, 6.07) is 35.7. The van der Waals surface area contributed by atoms with Gasteiger partial charge in [0.25, 0.3) is 0 Å². The summed E-state index contributed by atoms with van der Waals surface area (Å²) in [4.78, 5) is 53.5. The summed E-state index contributed by atoms with van der Waals surface area (Å²) in [6.45, 7) is 1.29. The number of nitrogens with zero attached hydrogens (tertiary/aromatic N) is 2. The molecule has 65 heavy (non-hydrogen) atoms. The van der Waals surface area contributed by atoms with Crippen LogP contribution < -0.4 is 10.5 Å². The fourth-order valence-electron chi connectivity index (χ4n) is 8.27. The van der Waals surface area contributed by atoms with Crippen molar-refractivity contribution in [1.82, 2.24) is 19.9 Å². The van der Waals surface area contributed by atoms with Crippen LogP contribution in [0.1, 0.15) is 79.5 Å². The molecule has 0 saturated heterocycles. The van der Waals surface area contributed by atoms with Gasteiger partial charge in [-0.1, -0.05) is 61.4 Å². The van der Waals surface area contributed by atoms with Gasteiger partial charge in [0.2, 0.25) is 0 Å². The number of carboxylic acids is 3. The first-order valence-electron chi connectivity index (χ1n) is 21.3. The number of aromatic amines is 2. The predicted octanol–water partition coefficient (Wildman–Crippen LogP) is 11.3. The van der Waals surface area contributed by atoms with Gasteiger partial charge in [-0.2, -0.15) is 0 Å². The smallest absolute Gasteiger partial charge is 0.335 e. The molecule has 3 aromatic heterocycles. The molecular formula is C53H43N5O7. The number of H-pyrrole nitrogens is 2. The van der Waals surface area contributed by atoms with Crippen molar-refractivity contribution in [2.45, 2.75) is 25.7 Å². The zero-order chi connectivity index (χ0) is 45.0. The molecule has 2 aliphatic rings. The summed E-state index contributed by atoms with van der Waals surface area (Å²) in [7, 11) is 0. The second-order valence-corrected chi connectivity index (χ2v) is 15.7. The van der Waals surface area contributed by atoms with Crippen LogP contribution in [0.4, 0.5) is 0 Å². The normalized spacial score (nSPS) is 11.8. The molecule has 0 unspecified atom stereocenters. The summed E-state index contributed by atoms with van der Waals surface area (Å²) in [5.41, 5.74) is 17.5. The number of benzene rings is 4. The minimum absolute atomic E-state index is 0.137. The lowest BCUT2D eigenvalue weighted by Gasteiger charge is -2.09. The molecule has 4 aromatic carbocycles. The lowest BCUT2D eigenvalue weighted by atomic mass is 10.0. The number of unbranched alkanes of at least 4 members (excludes halogenated alkanes) is 3.